The molecule has 2 aromatic heterocycles. The summed E-state index contributed by atoms with van der Waals surface area (Å²) >= 11 is 3.01. The number of para-hydroxylation sites is 1. The van der Waals surface area contributed by atoms with Gasteiger partial charge in [0.15, 0.2) is 0 Å². The maximum absolute atomic E-state index is 12.8. The van der Waals surface area contributed by atoms with Crippen LogP contribution in [-0.4, -0.2) is 48.0 Å². The molecule has 0 bridgehead atoms. The molecule has 0 saturated carbocycles. The van der Waals surface area contributed by atoms with Crippen molar-refractivity contribution in [2.24, 2.45) is 0 Å². The lowest BCUT2D eigenvalue weighted by atomic mass is 10.1. The first kappa shape index (κ1) is 17.8. The summed E-state index contributed by atoms with van der Waals surface area (Å²) in [7, 11) is 0. The van der Waals surface area contributed by atoms with E-state index in [0.717, 1.165) is 9.88 Å². The molecule has 6 nitrogen and oxygen atoms in total. The minimum Gasteiger partial charge on any atom is -0.378 e. The third-order valence-corrected chi connectivity index (χ3v) is 6.05. The van der Waals surface area contributed by atoms with Crippen LogP contribution in [0.2, 0.25) is 0 Å². The molecule has 4 rings (SSSR count). The second kappa shape index (κ2) is 7.99. The van der Waals surface area contributed by atoms with E-state index < -0.39 is 0 Å². The van der Waals surface area contributed by atoms with Crippen molar-refractivity contribution < 1.29 is 14.3 Å². The molecule has 1 fully saturated rings. The fourth-order valence-corrected chi connectivity index (χ4v) is 4.41. The highest BCUT2D eigenvalue weighted by atomic mass is 32.1. The summed E-state index contributed by atoms with van der Waals surface area (Å²) < 4.78 is 5.30. The van der Waals surface area contributed by atoms with E-state index in [4.69, 9.17) is 4.74 Å². The maximum atomic E-state index is 12.8. The maximum Gasteiger partial charge on any atom is 0.275 e. The fraction of sp³-hybridized carbons (Fsp3) is 0.211. The van der Waals surface area contributed by atoms with E-state index in [1.54, 1.807) is 45.9 Å². The Morgan fingerprint density at radius 2 is 1.89 bits per heavy atom. The van der Waals surface area contributed by atoms with Gasteiger partial charge in [-0.25, -0.2) is 4.98 Å². The number of ether oxygens (including phenoxy) is 1. The van der Waals surface area contributed by atoms with Crippen LogP contribution < -0.4 is 5.32 Å². The van der Waals surface area contributed by atoms with Crippen molar-refractivity contribution >= 4 is 40.2 Å². The van der Waals surface area contributed by atoms with E-state index in [9.17, 15) is 9.59 Å². The van der Waals surface area contributed by atoms with Gasteiger partial charge in [0.1, 0.15) is 10.7 Å². The smallest absolute Gasteiger partial charge is 0.275 e. The van der Waals surface area contributed by atoms with Gasteiger partial charge in [-0.05, 0) is 23.6 Å². The lowest BCUT2D eigenvalue weighted by Gasteiger charge is -2.27. The van der Waals surface area contributed by atoms with Gasteiger partial charge in [-0.3, -0.25) is 9.59 Å². The highest BCUT2D eigenvalue weighted by Gasteiger charge is 2.22. The van der Waals surface area contributed by atoms with Crippen LogP contribution in [0.4, 0.5) is 5.69 Å². The molecular weight excluding hydrogens is 382 g/mol. The average molecular weight is 399 g/mol. The molecule has 1 N–H and O–H groups in total. The first-order valence-electron chi connectivity index (χ1n) is 8.49. The molecule has 1 aliphatic rings. The number of morpholine rings is 1. The Labute approximate surface area is 164 Å². The average Bonchev–Trinajstić information content (AvgIpc) is 3.40. The van der Waals surface area contributed by atoms with Gasteiger partial charge in [0.05, 0.1) is 29.3 Å². The fourth-order valence-electron chi connectivity index (χ4n) is 2.79. The summed E-state index contributed by atoms with van der Waals surface area (Å²) in [6, 6.07) is 11.0. The molecule has 138 valence electrons. The molecule has 0 atom stereocenters. The number of nitrogens with zero attached hydrogens (tertiary/aromatic N) is 2. The summed E-state index contributed by atoms with van der Waals surface area (Å²) in [5.41, 5.74) is 1.31. The number of aromatic nitrogens is 1. The zero-order valence-electron chi connectivity index (χ0n) is 14.4. The first-order chi connectivity index (χ1) is 13.2. The lowest BCUT2D eigenvalue weighted by molar-refractivity contribution is 0.0303. The molecule has 1 saturated heterocycles. The number of carbonyl (C=O) groups is 2. The number of thiophene rings is 1. The number of rotatable bonds is 4. The molecule has 1 aromatic carbocycles. The number of hydrogen-bond donors (Lipinski definition) is 1. The molecule has 0 spiro atoms. The van der Waals surface area contributed by atoms with Crippen molar-refractivity contribution in [3.63, 3.8) is 0 Å². The molecule has 27 heavy (non-hydrogen) atoms. The highest BCUT2D eigenvalue weighted by molar-refractivity contribution is 7.20. The van der Waals surface area contributed by atoms with Crippen molar-refractivity contribution in [1.29, 1.82) is 0 Å². The van der Waals surface area contributed by atoms with E-state index in [1.165, 1.54) is 11.3 Å². The molecule has 0 unspecified atom stereocenters. The molecular formula is C19H17N3O3S2. The van der Waals surface area contributed by atoms with Crippen LogP contribution in [0, 0.1) is 0 Å². The molecule has 8 heteroatoms. The number of hydrogen-bond acceptors (Lipinski definition) is 6. The van der Waals surface area contributed by atoms with Crippen LogP contribution in [0.3, 0.4) is 0 Å². The number of amides is 2. The zero-order chi connectivity index (χ0) is 18.6. The predicted octanol–water partition coefficient (Wildman–Crippen LogP) is 3.60. The van der Waals surface area contributed by atoms with E-state index >= 15 is 0 Å². The van der Waals surface area contributed by atoms with Crippen LogP contribution in [0.15, 0.2) is 47.2 Å². The van der Waals surface area contributed by atoms with Crippen molar-refractivity contribution in [2.45, 2.75) is 0 Å². The number of nitrogens with one attached hydrogen (secondary N) is 1. The Kier molecular flexibility index (Phi) is 5.28. The summed E-state index contributed by atoms with van der Waals surface area (Å²) in [4.78, 5) is 32.6. The summed E-state index contributed by atoms with van der Waals surface area (Å²) in [6.45, 7) is 2.17. The highest BCUT2D eigenvalue weighted by Crippen LogP contribution is 2.28. The summed E-state index contributed by atoms with van der Waals surface area (Å²) in [5.74, 6) is -0.428. The second-order valence-electron chi connectivity index (χ2n) is 5.92. The Bertz CT molecular complexity index is 947. The SMILES string of the molecule is O=C(Nc1ccccc1C(=O)N1CCOCC1)c1csc(-c2cccs2)n1. The minimum absolute atomic E-state index is 0.105. The van der Waals surface area contributed by atoms with Crippen LogP contribution in [0.5, 0.6) is 0 Å². The third kappa shape index (κ3) is 3.92. The number of carbonyl (C=O) groups excluding carboxylic acids is 2. The van der Waals surface area contributed by atoms with E-state index in [2.05, 4.69) is 10.3 Å². The van der Waals surface area contributed by atoms with Crippen LogP contribution in [-0.2, 0) is 4.74 Å². The Balaban J connectivity index is 1.52. The van der Waals surface area contributed by atoms with Gasteiger partial charge in [0, 0.05) is 18.5 Å². The van der Waals surface area contributed by atoms with Crippen LogP contribution in [0.25, 0.3) is 9.88 Å². The topological polar surface area (TPSA) is 71.5 Å². The van der Waals surface area contributed by atoms with Crippen molar-refractivity contribution in [2.75, 3.05) is 31.6 Å². The minimum atomic E-state index is -0.323. The number of thiazole rings is 1. The standard InChI is InChI=1S/C19H17N3O3S2/c23-17(15-12-27-18(21-15)16-6-3-11-26-16)20-14-5-2-1-4-13(14)19(24)22-7-9-25-10-8-22/h1-6,11-12H,7-10H2,(H,20,23). The predicted molar refractivity (Wildman–Crippen MR) is 107 cm³/mol. The van der Waals surface area contributed by atoms with Gasteiger partial charge in [0.25, 0.3) is 11.8 Å². The Morgan fingerprint density at radius 1 is 1.07 bits per heavy atom. The second-order valence-corrected chi connectivity index (χ2v) is 7.73. The zero-order valence-corrected chi connectivity index (χ0v) is 16.0. The van der Waals surface area contributed by atoms with E-state index in [0.29, 0.717) is 43.2 Å². The molecule has 3 aromatic rings. The molecule has 2 amide bonds. The largest absolute Gasteiger partial charge is 0.378 e. The van der Waals surface area contributed by atoms with Gasteiger partial charge in [-0.1, -0.05) is 18.2 Å². The number of benzene rings is 1. The molecule has 0 radical (unpaired) electrons. The quantitative estimate of drug-likeness (QED) is 0.728. The van der Waals surface area contributed by atoms with E-state index in [1.807, 2.05) is 17.5 Å². The van der Waals surface area contributed by atoms with Crippen LogP contribution in [0.1, 0.15) is 20.8 Å². The lowest BCUT2D eigenvalue weighted by Crippen LogP contribution is -2.41. The van der Waals surface area contributed by atoms with E-state index in [-0.39, 0.29) is 11.8 Å². The monoisotopic (exact) mass is 399 g/mol. The summed E-state index contributed by atoms with van der Waals surface area (Å²) in [6.07, 6.45) is 0. The first-order valence-corrected chi connectivity index (χ1v) is 10.2. The van der Waals surface area contributed by atoms with Gasteiger partial charge in [-0.15, -0.1) is 22.7 Å². The summed E-state index contributed by atoms with van der Waals surface area (Å²) in [5, 5.41) is 7.36. The molecule has 3 heterocycles. The number of anilines is 1. The van der Waals surface area contributed by atoms with Gasteiger partial charge < -0.3 is 15.0 Å². The molecule has 1 aliphatic heterocycles. The van der Waals surface area contributed by atoms with Gasteiger partial charge >= 0.3 is 0 Å². The van der Waals surface area contributed by atoms with Crippen molar-refractivity contribution in [1.82, 2.24) is 9.88 Å². The van der Waals surface area contributed by atoms with Crippen LogP contribution >= 0.6 is 22.7 Å². The van der Waals surface area contributed by atoms with Crippen molar-refractivity contribution in [3.05, 3.63) is 58.4 Å². The molecule has 0 aliphatic carbocycles. The Hall–Kier alpha value is -2.55. The Morgan fingerprint density at radius 3 is 2.67 bits per heavy atom. The third-order valence-electron chi connectivity index (χ3n) is 4.17. The van der Waals surface area contributed by atoms with Gasteiger partial charge in [0.2, 0.25) is 0 Å². The normalized spacial score (nSPS) is 14.1. The van der Waals surface area contributed by atoms with Gasteiger partial charge in [-0.2, -0.15) is 0 Å². The van der Waals surface area contributed by atoms with Crippen molar-refractivity contribution in [3.8, 4) is 9.88 Å².